The average molecular weight is 307 g/mol. The van der Waals surface area contributed by atoms with Gasteiger partial charge in [0.15, 0.2) is 16.5 Å². The van der Waals surface area contributed by atoms with Crippen molar-refractivity contribution >= 4 is 16.5 Å². The highest BCUT2D eigenvalue weighted by Gasteiger charge is 2.24. The molecule has 0 amide bonds. The minimum Gasteiger partial charge on any atom is -0.379 e. The van der Waals surface area contributed by atoms with E-state index in [2.05, 4.69) is 83.2 Å². The predicted molar refractivity (Wildman–Crippen MR) is 90.7 cm³/mol. The van der Waals surface area contributed by atoms with Crippen molar-refractivity contribution in [3.8, 4) is 0 Å². The maximum atomic E-state index is 3.72. The van der Waals surface area contributed by atoms with Crippen molar-refractivity contribution in [2.45, 2.75) is 39.3 Å². The maximum Gasteiger partial charge on any atom is 0.152 e. The van der Waals surface area contributed by atoms with Gasteiger partial charge in [0, 0.05) is 49.6 Å². The van der Waals surface area contributed by atoms with Crippen molar-refractivity contribution in [3.63, 3.8) is 0 Å². The van der Waals surface area contributed by atoms with Crippen LogP contribution in [0.5, 0.6) is 0 Å². The molecule has 1 aromatic rings. The Hall–Kier alpha value is -1.41. The Labute approximate surface area is 125 Å². The second-order valence-electron chi connectivity index (χ2n) is 6.65. The van der Waals surface area contributed by atoms with E-state index in [1.165, 1.54) is 0 Å². The zero-order chi connectivity index (χ0) is 15.2. The Morgan fingerprint density at radius 1 is 0.550 bits per heavy atom. The molecule has 0 bridgehead atoms. The van der Waals surface area contributed by atoms with Gasteiger partial charge in [0.05, 0.1) is 0 Å². The van der Waals surface area contributed by atoms with Crippen molar-refractivity contribution in [1.29, 1.82) is 0 Å². The number of hydrogen-bond donors (Lipinski definition) is 0. The van der Waals surface area contributed by atoms with E-state index in [1.807, 2.05) is 0 Å². The van der Waals surface area contributed by atoms with Crippen molar-refractivity contribution in [2.24, 2.45) is 0 Å². The molecule has 0 saturated carbocycles. The van der Waals surface area contributed by atoms with Gasteiger partial charge in [-0.25, -0.2) is 0 Å². The van der Waals surface area contributed by atoms with Crippen LogP contribution in [0.4, 0.5) is 0 Å². The minimum absolute atomic E-state index is 1.20. The molecule has 0 fully saturated rings. The highest BCUT2D eigenvalue weighted by molar-refractivity contribution is 6.74. The summed E-state index contributed by atoms with van der Waals surface area (Å²) in [7, 11) is -2.39. The molecule has 2 rings (SSSR count). The van der Waals surface area contributed by atoms with Crippen molar-refractivity contribution < 1.29 is 0 Å². The molecule has 0 unspecified atom stereocenters. The first-order valence-corrected chi connectivity index (χ1v) is 13.7. The zero-order valence-electron chi connectivity index (χ0n) is 13.4. The third kappa shape index (κ3) is 5.71. The number of aromatic nitrogens is 2. The quantitative estimate of drug-likeness (QED) is 0.780. The lowest BCUT2D eigenvalue weighted by Gasteiger charge is -2.38. The molecule has 6 heteroatoms. The number of nitrogens with zero attached hydrogens (tertiary/aromatic N) is 4. The summed E-state index contributed by atoms with van der Waals surface area (Å²) in [6.07, 6.45) is 15.5. The molecule has 0 aliphatic carbocycles. The summed E-state index contributed by atoms with van der Waals surface area (Å²) in [5, 5.41) is 0. The highest BCUT2D eigenvalue weighted by Crippen LogP contribution is 2.19. The average Bonchev–Trinajstić information content (AvgIpc) is 2.40. The van der Waals surface area contributed by atoms with Crippen LogP contribution >= 0.6 is 0 Å². The monoisotopic (exact) mass is 306 g/mol. The van der Waals surface area contributed by atoms with Gasteiger partial charge < -0.3 is 9.13 Å². The first-order chi connectivity index (χ1) is 9.21. The Morgan fingerprint density at radius 3 is 0.950 bits per heavy atom. The van der Waals surface area contributed by atoms with Crippen molar-refractivity contribution in [1.82, 2.24) is 19.1 Å². The van der Waals surface area contributed by atoms with E-state index in [4.69, 9.17) is 0 Å². The van der Waals surface area contributed by atoms with E-state index < -0.39 is 16.5 Å². The second-order valence-corrected chi connectivity index (χ2v) is 16.4. The molecule has 0 N–H and O–H groups in total. The van der Waals surface area contributed by atoms with Crippen LogP contribution in [0.3, 0.4) is 0 Å². The summed E-state index contributed by atoms with van der Waals surface area (Å²) in [6, 6.07) is 0. The molecule has 1 aliphatic rings. The smallest absolute Gasteiger partial charge is 0.152 e. The van der Waals surface area contributed by atoms with E-state index in [-0.39, 0.29) is 0 Å². The number of rotatable bonds is 2. The first kappa shape index (κ1) is 16.6. The molecule has 4 nitrogen and oxygen atoms in total. The minimum atomic E-state index is -1.20. The molecule has 1 aliphatic heterocycles. The summed E-state index contributed by atoms with van der Waals surface area (Å²) in [5.41, 5.74) is 0. The summed E-state index contributed by atoms with van der Waals surface area (Å²) in [5.74, 6) is 0. The van der Waals surface area contributed by atoms with Crippen molar-refractivity contribution in [2.75, 3.05) is 0 Å². The SMILES string of the molecule is C[Si](C)(C)N1C=CN([Si](C)(C)C)C=C1.c1cnccn1. The molecule has 1 aromatic heterocycles. The van der Waals surface area contributed by atoms with E-state index in [0.717, 1.165) is 0 Å². The molecule has 0 aromatic carbocycles. The van der Waals surface area contributed by atoms with Gasteiger partial charge in [-0.15, -0.1) is 0 Å². The van der Waals surface area contributed by atoms with E-state index in [9.17, 15) is 0 Å². The van der Waals surface area contributed by atoms with Crippen LogP contribution in [0.2, 0.25) is 39.3 Å². The zero-order valence-corrected chi connectivity index (χ0v) is 15.4. The predicted octanol–water partition coefficient (Wildman–Crippen LogP) is 3.69. The molecule has 0 radical (unpaired) electrons. The van der Waals surface area contributed by atoms with Gasteiger partial charge in [0.1, 0.15) is 0 Å². The molecular weight excluding hydrogens is 280 g/mol. The summed E-state index contributed by atoms with van der Waals surface area (Å²) in [4.78, 5) is 7.44. The van der Waals surface area contributed by atoms with Gasteiger partial charge in [-0.3, -0.25) is 9.97 Å². The lowest BCUT2D eigenvalue weighted by Crippen LogP contribution is -2.44. The van der Waals surface area contributed by atoms with Crippen LogP contribution in [0.1, 0.15) is 0 Å². The van der Waals surface area contributed by atoms with Gasteiger partial charge in [-0.05, 0) is 0 Å². The molecule has 20 heavy (non-hydrogen) atoms. The highest BCUT2D eigenvalue weighted by atomic mass is 28.3. The van der Waals surface area contributed by atoms with E-state index in [1.54, 1.807) is 24.8 Å². The van der Waals surface area contributed by atoms with Gasteiger partial charge in [0.2, 0.25) is 0 Å². The van der Waals surface area contributed by atoms with Gasteiger partial charge in [0.25, 0.3) is 0 Å². The van der Waals surface area contributed by atoms with Crippen LogP contribution in [0.25, 0.3) is 0 Å². The molecule has 110 valence electrons. The number of hydrogen-bond acceptors (Lipinski definition) is 4. The molecule has 2 heterocycles. The third-order valence-corrected chi connectivity index (χ3v) is 6.50. The molecule has 0 saturated heterocycles. The Morgan fingerprint density at radius 2 is 0.800 bits per heavy atom. The largest absolute Gasteiger partial charge is 0.379 e. The third-order valence-electron chi connectivity index (χ3n) is 2.80. The normalized spacial score (nSPS) is 14.9. The van der Waals surface area contributed by atoms with Gasteiger partial charge in [-0.2, -0.15) is 0 Å². The molecule has 0 atom stereocenters. The fourth-order valence-corrected chi connectivity index (χ4v) is 3.59. The van der Waals surface area contributed by atoms with Crippen LogP contribution in [0.15, 0.2) is 49.6 Å². The lowest BCUT2D eigenvalue weighted by atomic mass is 10.7. The molecular formula is C14H26N4Si2. The van der Waals surface area contributed by atoms with Gasteiger partial charge in [-0.1, -0.05) is 39.3 Å². The Kier molecular flexibility index (Phi) is 5.70. The fourth-order valence-electron chi connectivity index (χ4n) is 1.53. The van der Waals surface area contributed by atoms with Crippen molar-refractivity contribution in [3.05, 3.63) is 49.6 Å². The fraction of sp³-hybridized carbons (Fsp3) is 0.429. The summed E-state index contributed by atoms with van der Waals surface area (Å²) < 4.78 is 4.76. The maximum absolute atomic E-state index is 3.72. The summed E-state index contributed by atoms with van der Waals surface area (Å²) in [6.45, 7) is 14.1. The van der Waals surface area contributed by atoms with E-state index in [0.29, 0.717) is 0 Å². The van der Waals surface area contributed by atoms with Crippen LogP contribution in [0, 0.1) is 0 Å². The standard InChI is InChI=1S/C10H22N2Si2.C4H4N2/c1-13(2,3)11-7-9-12(10-8-11)14(4,5)6;1-2-6-4-3-5-1/h7-10H,1-6H3;1-4H. The van der Waals surface area contributed by atoms with Gasteiger partial charge >= 0.3 is 0 Å². The second kappa shape index (κ2) is 6.85. The van der Waals surface area contributed by atoms with Crippen LogP contribution in [-0.4, -0.2) is 35.6 Å². The lowest BCUT2D eigenvalue weighted by molar-refractivity contribution is 0.642. The van der Waals surface area contributed by atoms with Crippen LogP contribution < -0.4 is 0 Å². The summed E-state index contributed by atoms with van der Waals surface area (Å²) >= 11 is 0. The Bertz CT molecular complexity index is 380. The topological polar surface area (TPSA) is 32.3 Å². The Balaban J connectivity index is 0.000000276. The van der Waals surface area contributed by atoms with Crippen LogP contribution in [-0.2, 0) is 0 Å². The molecule has 0 spiro atoms. The van der Waals surface area contributed by atoms with E-state index >= 15 is 0 Å². The first-order valence-electron chi connectivity index (χ1n) is 6.85.